The van der Waals surface area contributed by atoms with Crippen LogP contribution in [0.2, 0.25) is 0 Å². The number of aromatic nitrogens is 4. The van der Waals surface area contributed by atoms with Crippen molar-refractivity contribution in [2.75, 3.05) is 5.73 Å². The molecule has 0 radical (unpaired) electrons. The molecule has 24 heavy (non-hydrogen) atoms. The molecule has 0 fully saturated rings. The third kappa shape index (κ3) is 2.92. The summed E-state index contributed by atoms with van der Waals surface area (Å²) in [5.74, 6) is 0.251. The van der Waals surface area contributed by atoms with Gasteiger partial charge in [-0.25, -0.2) is 4.79 Å². The molecule has 0 aliphatic heterocycles. The van der Waals surface area contributed by atoms with Crippen LogP contribution in [0.4, 0.5) is 10.6 Å². The van der Waals surface area contributed by atoms with Gasteiger partial charge in [0.05, 0.1) is 11.9 Å². The van der Waals surface area contributed by atoms with Gasteiger partial charge in [-0.15, -0.1) is 5.10 Å². The van der Waals surface area contributed by atoms with Crippen LogP contribution in [0.3, 0.4) is 0 Å². The fourth-order valence-electron chi connectivity index (χ4n) is 2.36. The van der Waals surface area contributed by atoms with Crippen LogP contribution in [0.5, 0.6) is 0 Å². The van der Waals surface area contributed by atoms with Crippen LogP contribution in [-0.4, -0.2) is 31.4 Å². The summed E-state index contributed by atoms with van der Waals surface area (Å²) in [6, 6.07) is 3.72. The maximum absolute atomic E-state index is 12.3. The smallest absolute Gasteiger partial charge is 0.435 e. The number of hydrogen-bond donors (Lipinski definition) is 1. The minimum absolute atomic E-state index is 0.251. The van der Waals surface area contributed by atoms with Crippen molar-refractivity contribution in [2.24, 2.45) is 0 Å². The third-order valence-corrected chi connectivity index (χ3v) is 3.48. The average molecular weight is 325 g/mol. The monoisotopic (exact) mass is 325 g/mol. The molecule has 0 amide bonds. The third-order valence-electron chi connectivity index (χ3n) is 3.48. The average Bonchev–Trinajstić information content (AvgIpc) is 2.83. The van der Waals surface area contributed by atoms with Crippen molar-refractivity contribution in [3.63, 3.8) is 0 Å². The summed E-state index contributed by atoms with van der Waals surface area (Å²) in [6.45, 7) is 7.36. The first-order valence-corrected chi connectivity index (χ1v) is 7.55. The molecule has 0 atom stereocenters. The summed E-state index contributed by atoms with van der Waals surface area (Å²) in [4.78, 5) is 20.8. The van der Waals surface area contributed by atoms with Crippen LogP contribution in [-0.2, 0) is 4.74 Å². The lowest BCUT2D eigenvalue weighted by molar-refractivity contribution is 0.0523. The van der Waals surface area contributed by atoms with Gasteiger partial charge in [0.25, 0.3) is 0 Å². The number of ether oxygens (including phenoxy) is 1. The zero-order valence-corrected chi connectivity index (χ0v) is 14.1. The minimum Gasteiger partial charge on any atom is -0.442 e. The highest BCUT2D eigenvalue weighted by Gasteiger charge is 2.22. The Balaban J connectivity index is 2.08. The minimum atomic E-state index is -0.621. The van der Waals surface area contributed by atoms with Crippen LogP contribution >= 0.6 is 0 Å². The molecular weight excluding hydrogens is 306 g/mol. The summed E-state index contributed by atoms with van der Waals surface area (Å²) in [7, 11) is 0. The van der Waals surface area contributed by atoms with Crippen molar-refractivity contribution in [3.05, 3.63) is 36.3 Å². The predicted octanol–water partition coefficient (Wildman–Crippen LogP) is 3.17. The largest absolute Gasteiger partial charge is 0.442 e. The Morgan fingerprint density at radius 1 is 1.29 bits per heavy atom. The van der Waals surface area contributed by atoms with E-state index < -0.39 is 11.7 Å². The molecular formula is C17H19N5O2. The molecule has 0 spiro atoms. The van der Waals surface area contributed by atoms with E-state index in [0.717, 1.165) is 21.5 Å². The van der Waals surface area contributed by atoms with E-state index >= 15 is 0 Å². The van der Waals surface area contributed by atoms with Crippen molar-refractivity contribution in [1.29, 1.82) is 0 Å². The number of nitrogens with zero attached hydrogens (tertiary/aromatic N) is 4. The highest BCUT2D eigenvalue weighted by molar-refractivity contribution is 5.96. The second kappa shape index (κ2) is 5.59. The van der Waals surface area contributed by atoms with E-state index in [2.05, 4.69) is 15.1 Å². The molecule has 3 aromatic rings. The lowest BCUT2D eigenvalue weighted by Crippen LogP contribution is -2.27. The van der Waals surface area contributed by atoms with Crippen LogP contribution in [0.25, 0.3) is 22.2 Å². The first-order chi connectivity index (χ1) is 11.3. The van der Waals surface area contributed by atoms with E-state index in [1.807, 2.05) is 19.1 Å². The predicted molar refractivity (Wildman–Crippen MR) is 91.5 cm³/mol. The lowest BCUT2D eigenvalue weighted by atomic mass is 10.1. The molecule has 0 saturated carbocycles. The molecule has 3 heterocycles. The summed E-state index contributed by atoms with van der Waals surface area (Å²) in [6.07, 6.45) is 4.46. The topological polar surface area (TPSA) is 95.9 Å². The van der Waals surface area contributed by atoms with Gasteiger partial charge in [-0.2, -0.15) is 4.68 Å². The number of anilines is 1. The van der Waals surface area contributed by atoms with E-state index in [0.29, 0.717) is 10.9 Å². The highest BCUT2D eigenvalue weighted by Crippen LogP contribution is 2.27. The number of hydrogen-bond acceptors (Lipinski definition) is 6. The molecule has 7 heteroatoms. The Kier molecular flexibility index (Phi) is 3.71. The van der Waals surface area contributed by atoms with Gasteiger partial charge < -0.3 is 10.5 Å². The number of carbonyl (C=O) groups is 1. The van der Waals surface area contributed by atoms with Crippen LogP contribution in [0.15, 0.2) is 30.7 Å². The Hall–Kier alpha value is -2.96. The Labute approximate surface area is 139 Å². The van der Waals surface area contributed by atoms with Crippen LogP contribution < -0.4 is 5.73 Å². The van der Waals surface area contributed by atoms with Gasteiger partial charge >= 0.3 is 6.09 Å². The fourth-order valence-corrected chi connectivity index (χ4v) is 2.36. The van der Waals surface area contributed by atoms with Crippen molar-refractivity contribution in [2.45, 2.75) is 33.3 Å². The van der Waals surface area contributed by atoms with Crippen LogP contribution in [0, 0.1) is 6.92 Å². The normalized spacial score (nSPS) is 11.7. The molecule has 124 valence electrons. The first kappa shape index (κ1) is 15.9. The van der Waals surface area contributed by atoms with Crippen LogP contribution in [0.1, 0.15) is 26.3 Å². The van der Waals surface area contributed by atoms with E-state index in [9.17, 15) is 4.79 Å². The van der Waals surface area contributed by atoms with Gasteiger partial charge in [-0.1, -0.05) is 0 Å². The fraction of sp³-hybridized carbons (Fsp3) is 0.294. The van der Waals surface area contributed by atoms with E-state index in [1.54, 1.807) is 39.4 Å². The van der Waals surface area contributed by atoms with Gasteiger partial charge in [-0.05, 0) is 45.4 Å². The van der Waals surface area contributed by atoms with Crippen molar-refractivity contribution >= 4 is 22.8 Å². The van der Waals surface area contributed by atoms with Gasteiger partial charge in [0.1, 0.15) is 11.1 Å². The van der Waals surface area contributed by atoms with Crippen molar-refractivity contribution in [1.82, 2.24) is 19.7 Å². The summed E-state index contributed by atoms with van der Waals surface area (Å²) >= 11 is 0. The number of nitrogen functional groups attached to an aromatic ring is 1. The molecule has 0 aromatic carbocycles. The number of nitrogens with two attached hydrogens (primary N) is 1. The number of carbonyl (C=O) groups excluding carboxylic acids is 1. The molecule has 7 nitrogen and oxygen atoms in total. The van der Waals surface area contributed by atoms with Gasteiger partial charge in [0.2, 0.25) is 0 Å². The molecule has 0 aliphatic rings. The second-order valence-corrected chi connectivity index (χ2v) is 6.55. The second-order valence-electron chi connectivity index (χ2n) is 6.55. The summed E-state index contributed by atoms with van der Waals surface area (Å²) < 4.78 is 6.49. The maximum Gasteiger partial charge on any atom is 0.435 e. The Morgan fingerprint density at radius 2 is 2.04 bits per heavy atom. The number of fused-ring (bicyclic) bond motifs is 1. The molecule has 3 aromatic heterocycles. The maximum atomic E-state index is 12.3. The lowest BCUT2D eigenvalue weighted by Gasteiger charge is -2.19. The first-order valence-electron chi connectivity index (χ1n) is 7.55. The molecule has 0 saturated heterocycles. The number of rotatable bonds is 1. The molecule has 0 bridgehead atoms. The number of pyridine rings is 2. The Morgan fingerprint density at radius 3 is 2.71 bits per heavy atom. The van der Waals surface area contributed by atoms with E-state index in [4.69, 9.17) is 10.5 Å². The molecule has 0 aliphatic carbocycles. The quantitative estimate of drug-likeness (QED) is 0.738. The summed E-state index contributed by atoms with van der Waals surface area (Å²) in [5, 5.41) is 4.74. The van der Waals surface area contributed by atoms with E-state index in [1.165, 1.54) is 0 Å². The molecule has 2 N–H and O–H groups in total. The van der Waals surface area contributed by atoms with Gasteiger partial charge in [0.15, 0.2) is 5.82 Å². The standard InChI is InChI=1S/C17H19N5O2/c1-10-5-6-19-8-12(10)13-7-11-14(9-20-13)22(21-15(11)18)16(23)24-17(2,3)4/h5-9H,1-4H3,(H2,18,21). The van der Waals surface area contributed by atoms with Crippen molar-refractivity contribution < 1.29 is 9.53 Å². The molecule has 0 unspecified atom stereocenters. The highest BCUT2D eigenvalue weighted by atomic mass is 16.6. The zero-order chi connectivity index (χ0) is 17.5. The number of aryl methyl sites for hydroxylation is 1. The Bertz CT molecular complexity index is 924. The van der Waals surface area contributed by atoms with Crippen molar-refractivity contribution in [3.8, 4) is 11.3 Å². The molecule has 3 rings (SSSR count). The van der Waals surface area contributed by atoms with Gasteiger partial charge in [-0.3, -0.25) is 9.97 Å². The summed E-state index contributed by atoms with van der Waals surface area (Å²) in [5.41, 5.74) is 8.55. The van der Waals surface area contributed by atoms with Gasteiger partial charge in [0, 0.05) is 23.3 Å². The zero-order valence-electron chi connectivity index (χ0n) is 14.1. The SMILES string of the molecule is Cc1ccncc1-c1cc2c(N)nn(C(=O)OC(C)(C)C)c2cn1. The van der Waals surface area contributed by atoms with E-state index in [-0.39, 0.29) is 5.82 Å².